The highest BCUT2D eigenvalue weighted by Crippen LogP contribution is 2.33. The first-order chi connectivity index (χ1) is 11.0. The lowest BCUT2D eigenvalue weighted by Gasteiger charge is -2.20. The van der Waals surface area contributed by atoms with Crippen molar-refractivity contribution < 1.29 is 13.3 Å². The maximum Gasteiger partial charge on any atom is 0.293 e. The Kier molecular flexibility index (Phi) is 4.54. The summed E-state index contributed by atoms with van der Waals surface area (Å²) < 4.78 is 26.9. The van der Waals surface area contributed by atoms with Gasteiger partial charge in [-0.15, -0.1) is 0 Å². The van der Waals surface area contributed by atoms with Gasteiger partial charge in [0, 0.05) is 25.2 Å². The summed E-state index contributed by atoms with van der Waals surface area (Å²) in [6, 6.07) is 4.44. The smallest absolute Gasteiger partial charge is 0.293 e. The minimum absolute atomic E-state index is 0.00690. The molecular formula is C15H21N3O4S. The topological polar surface area (TPSA) is 92.5 Å². The molecule has 23 heavy (non-hydrogen) atoms. The van der Waals surface area contributed by atoms with Gasteiger partial charge in [-0.3, -0.25) is 10.1 Å². The molecule has 1 aromatic carbocycles. The number of benzene rings is 1. The third kappa shape index (κ3) is 3.64. The highest BCUT2D eigenvalue weighted by atomic mass is 32.2. The lowest BCUT2D eigenvalue weighted by molar-refractivity contribution is -0.384. The normalized spacial score (nSPS) is 20.0. The van der Waals surface area contributed by atoms with Crippen LogP contribution >= 0.6 is 0 Å². The lowest BCUT2D eigenvalue weighted by atomic mass is 10.2. The Morgan fingerprint density at radius 2 is 1.78 bits per heavy atom. The molecule has 1 aromatic rings. The number of sulfonamides is 1. The van der Waals surface area contributed by atoms with Crippen molar-refractivity contribution in [2.75, 3.05) is 18.4 Å². The fourth-order valence-electron chi connectivity index (χ4n) is 2.82. The van der Waals surface area contributed by atoms with Gasteiger partial charge in [0.05, 0.1) is 9.82 Å². The first-order valence-electron chi connectivity index (χ1n) is 8.03. The van der Waals surface area contributed by atoms with E-state index in [1.54, 1.807) is 0 Å². The van der Waals surface area contributed by atoms with E-state index in [-0.39, 0.29) is 16.6 Å². The van der Waals surface area contributed by atoms with Crippen LogP contribution < -0.4 is 5.32 Å². The van der Waals surface area contributed by atoms with Crippen molar-refractivity contribution >= 4 is 21.4 Å². The van der Waals surface area contributed by atoms with Gasteiger partial charge in [0.25, 0.3) is 5.69 Å². The number of nitrogens with one attached hydrogen (secondary N) is 1. The van der Waals surface area contributed by atoms with E-state index in [9.17, 15) is 18.5 Å². The van der Waals surface area contributed by atoms with Crippen LogP contribution in [0.1, 0.15) is 38.5 Å². The first-order valence-corrected chi connectivity index (χ1v) is 9.47. The Hall–Kier alpha value is -1.67. The third-order valence-corrected chi connectivity index (χ3v) is 6.20. The van der Waals surface area contributed by atoms with Crippen molar-refractivity contribution in [3.63, 3.8) is 0 Å². The van der Waals surface area contributed by atoms with Crippen LogP contribution in [0.2, 0.25) is 0 Å². The second-order valence-corrected chi connectivity index (χ2v) is 8.11. The molecule has 0 bridgehead atoms. The van der Waals surface area contributed by atoms with Crippen LogP contribution in [0.4, 0.5) is 11.4 Å². The fraction of sp³-hybridized carbons (Fsp3) is 0.600. The Morgan fingerprint density at radius 1 is 1.13 bits per heavy atom. The minimum Gasteiger partial charge on any atom is -0.377 e. The summed E-state index contributed by atoms with van der Waals surface area (Å²) in [5, 5.41) is 14.4. The SMILES string of the molecule is O=[N+]([O-])c1cc(S(=O)(=O)N2CCCCCC2)ccc1NC1CC1. The lowest BCUT2D eigenvalue weighted by Crippen LogP contribution is -2.32. The van der Waals surface area contributed by atoms with Gasteiger partial charge in [0.2, 0.25) is 10.0 Å². The molecule has 1 aliphatic carbocycles. The van der Waals surface area contributed by atoms with Gasteiger partial charge in [-0.2, -0.15) is 4.31 Å². The van der Waals surface area contributed by atoms with E-state index < -0.39 is 14.9 Å². The molecule has 7 nitrogen and oxygen atoms in total. The maximum atomic E-state index is 12.7. The summed E-state index contributed by atoms with van der Waals surface area (Å²) in [5.74, 6) is 0. The van der Waals surface area contributed by atoms with Crippen LogP contribution in [0.15, 0.2) is 23.1 Å². The number of nitro groups is 1. The van der Waals surface area contributed by atoms with Crippen molar-refractivity contribution in [1.29, 1.82) is 0 Å². The molecule has 126 valence electrons. The van der Waals surface area contributed by atoms with Gasteiger partial charge < -0.3 is 5.32 Å². The van der Waals surface area contributed by atoms with Crippen LogP contribution in [0.5, 0.6) is 0 Å². The highest BCUT2D eigenvalue weighted by Gasteiger charge is 2.29. The first kappa shape index (κ1) is 16.2. The molecule has 1 saturated heterocycles. The third-order valence-electron chi connectivity index (χ3n) is 4.31. The summed E-state index contributed by atoms with van der Waals surface area (Å²) in [7, 11) is -3.67. The van der Waals surface area contributed by atoms with E-state index in [1.165, 1.54) is 22.5 Å². The monoisotopic (exact) mass is 339 g/mol. The van der Waals surface area contributed by atoms with Crippen molar-refractivity contribution in [2.45, 2.75) is 49.5 Å². The van der Waals surface area contributed by atoms with Gasteiger partial charge >= 0.3 is 0 Å². The van der Waals surface area contributed by atoms with E-state index in [1.807, 2.05) is 0 Å². The molecule has 1 heterocycles. The molecule has 1 N–H and O–H groups in total. The predicted octanol–water partition coefficient (Wildman–Crippen LogP) is 2.73. The molecule has 1 saturated carbocycles. The van der Waals surface area contributed by atoms with E-state index >= 15 is 0 Å². The zero-order chi connectivity index (χ0) is 16.4. The quantitative estimate of drug-likeness (QED) is 0.658. The van der Waals surface area contributed by atoms with Crippen molar-refractivity contribution in [3.8, 4) is 0 Å². The number of nitro benzene ring substituents is 1. The molecule has 0 atom stereocenters. The zero-order valence-corrected chi connectivity index (χ0v) is 13.7. The van der Waals surface area contributed by atoms with Crippen LogP contribution in [0.3, 0.4) is 0 Å². The van der Waals surface area contributed by atoms with Crippen LogP contribution in [0.25, 0.3) is 0 Å². The average Bonchev–Trinajstić information content (AvgIpc) is 3.33. The summed E-state index contributed by atoms with van der Waals surface area (Å²) in [5.41, 5.74) is 0.222. The number of hydrogen-bond donors (Lipinski definition) is 1. The Balaban J connectivity index is 1.91. The average molecular weight is 339 g/mol. The summed E-state index contributed by atoms with van der Waals surface area (Å²) in [4.78, 5) is 10.8. The number of rotatable bonds is 5. The van der Waals surface area contributed by atoms with Crippen molar-refractivity contribution in [1.82, 2.24) is 4.31 Å². The molecule has 0 unspecified atom stereocenters. The summed E-state index contributed by atoms with van der Waals surface area (Å²) >= 11 is 0. The highest BCUT2D eigenvalue weighted by molar-refractivity contribution is 7.89. The largest absolute Gasteiger partial charge is 0.377 e. The summed E-state index contributed by atoms with van der Waals surface area (Å²) in [6.45, 7) is 0.969. The molecule has 0 radical (unpaired) electrons. The second-order valence-electron chi connectivity index (χ2n) is 6.17. The van der Waals surface area contributed by atoms with E-state index in [0.717, 1.165) is 38.5 Å². The number of anilines is 1. The molecule has 3 rings (SSSR count). The predicted molar refractivity (Wildman–Crippen MR) is 87.0 cm³/mol. The maximum absolute atomic E-state index is 12.7. The van der Waals surface area contributed by atoms with Crippen molar-refractivity contribution in [3.05, 3.63) is 28.3 Å². The van der Waals surface area contributed by atoms with Gasteiger partial charge in [-0.1, -0.05) is 12.8 Å². The fourth-order valence-corrected chi connectivity index (χ4v) is 4.36. The van der Waals surface area contributed by atoms with E-state index in [0.29, 0.717) is 18.8 Å². The van der Waals surface area contributed by atoms with Crippen molar-refractivity contribution in [2.24, 2.45) is 0 Å². The molecule has 0 aromatic heterocycles. The zero-order valence-electron chi connectivity index (χ0n) is 12.9. The van der Waals surface area contributed by atoms with Gasteiger partial charge in [-0.05, 0) is 37.8 Å². The molecule has 0 spiro atoms. The molecule has 2 fully saturated rings. The Bertz CT molecular complexity index is 693. The molecule has 2 aliphatic rings. The van der Waals surface area contributed by atoms with Gasteiger partial charge in [0.1, 0.15) is 5.69 Å². The van der Waals surface area contributed by atoms with Crippen LogP contribution in [0, 0.1) is 10.1 Å². The van der Waals surface area contributed by atoms with Crippen LogP contribution in [-0.4, -0.2) is 36.8 Å². The second kappa shape index (κ2) is 6.45. The minimum atomic E-state index is -3.67. The standard InChI is InChI=1S/C15H21N3O4S/c19-18(20)15-11-13(7-8-14(15)16-12-5-6-12)23(21,22)17-9-3-1-2-4-10-17/h7-8,11-12,16H,1-6,9-10H2. The van der Waals surface area contributed by atoms with Crippen LogP contribution in [-0.2, 0) is 10.0 Å². The Labute approximate surface area is 135 Å². The van der Waals surface area contributed by atoms with E-state index in [2.05, 4.69) is 5.32 Å². The van der Waals surface area contributed by atoms with Gasteiger partial charge in [-0.25, -0.2) is 8.42 Å². The molecule has 8 heteroatoms. The summed E-state index contributed by atoms with van der Waals surface area (Å²) in [6.07, 6.45) is 5.70. The van der Waals surface area contributed by atoms with E-state index in [4.69, 9.17) is 0 Å². The molecular weight excluding hydrogens is 318 g/mol. The molecule has 1 aliphatic heterocycles. The Morgan fingerprint density at radius 3 is 2.35 bits per heavy atom. The number of hydrogen-bond acceptors (Lipinski definition) is 5. The number of nitrogens with zero attached hydrogens (tertiary/aromatic N) is 2. The van der Waals surface area contributed by atoms with Gasteiger partial charge in [0.15, 0.2) is 0 Å². The molecule has 0 amide bonds.